The van der Waals surface area contributed by atoms with Crippen LogP contribution in [0.15, 0.2) is 101 Å². The topological polar surface area (TPSA) is 63.3 Å². The number of furan rings is 1. The summed E-state index contributed by atoms with van der Waals surface area (Å²) >= 11 is 0. The zero-order chi connectivity index (χ0) is 28.8. The van der Waals surface area contributed by atoms with Gasteiger partial charge in [-0.15, -0.1) is 35.4 Å². The van der Waals surface area contributed by atoms with Gasteiger partial charge in [-0.25, -0.2) is 0 Å². The number of hydrogen-bond acceptors (Lipinski definition) is 4. The summed E-state index contributed by atoms with van der Waals surface area (Å²) in [4.78, 5) is 15.0. The Balaban J connectivity index is 0.000000516. The second-order valence-corrected chi connectivity index (χ2v) is 10.6. The number of carbonyl (C=O) groups excluding carboxylic acids is 1. The SMILES string of the molecule is CC(=O)/C=C(/C)O.CC(C)c1cccc(C(C)C)c1-c1cc2nc(-c3[c-]ccc(-c4ccccc4)c3)ccc2o1.[Ir]. The van der Waals surface area contributed by atoms with E-state index in [1.807, 2.05) is 24.3 Å². The molecule has 1 N–H and O–H groups in total. The van der Waals surface area contributed by atoms with Gasteiger partial charge in [0.15, 0.2) is 11.4 Å². The molecule has 0 aliphatic rings. The Bertz CT molecular complexity index is 1620. The number of aromatic nitrogens is 1. The van der Waals surface area contributed by atoms with E-state index in [1.165, 1.54) is 42.2 Å². The van der Waals surface area contributed by atoms with E-state index in [-0.39, 0.29) is 31.6 Å². The minimum absolute atomic E-state index is 0. The van der Waals surface area contributed by atoms with Gasteiger partial charge in [0.2, 0.25) is 0 Å². The van der Waals surface area contributed by atoms with Gasteiger partial charge in [-0.1, -0.05) is 82.3 Å². The van der Waals surface area contributed by atoms with Crippen molar-refractivity contribution in [3.05, 3.63) is 114 Å². The summed E-state index contributed by atoms with van der Waals surface area (Å²) in [6.07, 6.45) is 1.17. The number of carbonyl (C=O) groups is 1. The molecule has 1 radical (unpaired) electrons. The summed E-state index contributed by atoms with van der Waals surface area (Å²) in [6.45, 7) is 11.8. The molecular weight excluding hydrogens is 687 g/mol. The first-order valence-corrected chi connectivity index (χ1v) is 13.6. The fourth-order valence-electron chi connectivity index (χ4n) is 4.75. The number of allylic oxidation sites excluding steroid dienone is 2. The average Bonchev–Trinajstić information content (AvgIpc) is 3.36. The summed E-state index contributed by atoms with van der Waals surface area (Å²) in [7, 11) is 0. The second kappa shape index (κ2) is 14.2. The van der Waals surface area contributed by atoms with Gasteiger partial charge in [0.05, 0.1) is 11.3 Å². The van der Waals surface area contributed by atoms with Crippen molar-refractivity contribution in [3.63, 3.8) is 0 Å². The normalized spacial score (nSPS) is 11.3. The molecule has 0 bridgehead atoms. The Hall–Kier alpha value is -3.79. The van der Waals surface area contributed by atoms with Gasteiger partial charge in [-0.2, -0.15) is 0 Å². The molecule has 5 heteroatoms. The summed E-state index contributed by atoms with van der Waals surface area (Å²) in [5.74, 6) is 1.65. The van der Waals surface area contributed by atoms with Crippen LogP contribution in [0.4, 0.5) is 0 Å². The predicted octanol–water partition coefficient (Wildman–Crippen LogP) is 9.91. The standard InChI is InChI=1S/C31H28NO.C5H8O2.Ir/c1-20(2)25-14-9-15-26(21(3)4)31(25)30-19-28-29(33-30)17-16-27(32-28)24-13-8-12-23(18-24)22-10-6-5-7-11-22;1-4(6)3-5(2)7;/h5-12,14-21H,1-4H3;3,6H,1-2H3;/q-1;;/b;4-3-;. The molecule has 213 valence electrons. The fraction of sp³-hybridized carbons (Fsp3) is 0.222. The van der Waals surface area contributed by atoms with E-state index in [2.05, 4.69) is 94.4 Å². The van der Waals surface area contributed by atoms with Crippen molar-refractivity contribution in [2.45, 2.75) is 53.4 Å². The van der Waals surface area contributed by atoms with E-state index in [9.17, 15) is 4.79 Å². The van der Waals surface area contributed by atoms with Crippen LogP contribution in [0.3, 0.4) is 0 Å². The van der Waals surface area contributed by atoms with Gasteiger partial charge in [-0.05, 0) is 54.1 Å². The van der Waals surface area contributed by atoms with E-state index >= 15 is 0 Å². The molecule has 0 unspecified atom stereocenters. The third-order valence-electron chi connectivity index (χ3n) is 6.59. The molecule has 0 saturated heterocycles. The molecule has 4 nitrogen and oxygen atoms in total. The first-order chi connectivity index (χ1) is 19.1. The summed E-state index contributed by atoms with van der Waals surface area (Å²) in [5, 5.41) is 8.36. The smallest absolute Gasteiger partial charge is 0.155 e. The Labute approximate surface area is 256 Å². The quantitative estimate of drug-likeness (QED) is 0.108. The van der Waals surface area contributed by atoms with Crippen LogP contribution < -0.4 is 0 Å². The number of nitrogens with zero attached hydrogens (tertiary/aromatic N) is 1. The van der Waals surface area contributed by atoms with E-state index in [1.54, 1.807) is 0 Å². The number of rotatable bonds is 6. The predicted molar refractivity (Wildman–Crippen MR) is 164 cm³/mol. The van der Waals surface area contributed by atoms with Crippen molar-refractivity contribution in [1.29, 1.82) is 0 Å². The maximum atomic E-state index is 10.0. The molecule has 3 aromatic carbocycles. The molecule has 0 atom stereocenters. The van der Waals surface area contributed by atoms with E-state index in [4.69, 9.17) is 14.5 Å². The molecule has 41 heavy (non-hydrogen) atoms. The maximum absolute atomic E-state index is 10.0. The first-order valence-electron chi connectivity index (χ1n) is 13.6. The van der Waals surface area contributed by atoms with Crippen LogP contribution in [-0.2, 0) is 24.9 Å². The van der Waals surface area contributed by atoms with E-state index in [0.29, 0.717) is 11.8 Å². The Morgan fingerprint density at radius 3 is 2.07 bits per heavy atom. The number of aliphatic hydroxyl groups excluding tert-OH is 1. The molecule has 5 rings (SSSR count). The van der Waals surface area contributed by atoms with Crippen LogP contribution in [0.2, 0.25) is 0 Å². The number of fused-ring (bicyclic) bond motifs is 1. The largest absolute Gasteiger partial charge is 0.512 e. The number of hydrogen-bond donors (Lipinski definition) is 1. The number of ketones is 1. The zero-order valence-electron chi connectivity index (χ0n) is 24.4. The monoisotopic (exact) mass is 723 g/mol. The minimum atomic E-state index is -0.125. The minimum Gasteiger partial charge on any atom is -0.512 e. The molecule has 2 heterocycles. The van der Waals surface area contributed by atoms with E-state index < -0.39 is 0 Å². The van der Waals surface area contributed by atoms with Crippen LogP contribution >= 0.6 is 0 Å². The van der Waals surface area contributed by atoms with Gasteiger partial charge >= 0.3 is 0 Å². The van der Waals surface area contributed by atoms with Crippen molar-refractivity contribution in [1.82, 2.24) is 4.98 Å². The molecule has 0 amide bonds. The first kappa shape index (κ1) is 31.7. The van der Waals surface area contributed by atoms with Crippen molar-refractivity contribution < 1.29 is 34.4 Å². The van der Waals surface area contributed by atoms with E-state index in [0.717, 1.165) is 33.7 Å². The number of benzene rings is 3. The Kier molecular flexibility index (Phi) is 11.0. The molecule has 2 aromatic heterocycles. The zero-order valence-corrected chi connectivity index (χ0v) is 26.8. The van der Waals surface area contributed by atoms with Crippen LogP contribution in [0.5, 0.6) is 0 Å². The maximum Gasteiger partial charge on any atom is 0.155 e. The molecule has 0 aliphatic heterocycles. The van der Waals surface area contributed by atoms with Gasteiger partial charge in [0, 0.05) is 37.8 Å². The van der Waals surface area contributed by atoms with Crippen molar-refractivity contribution in [2.75, 3.05) is 0 Å². The molecular formula is C36H36IrNO3-. The number of aliphatic hydroxyl groups is 1. The van der Waals surface area contributed by atoms with Crippen molar-refractivity contribution in [3.8, 4) is 33.7 Å². The Morgan fingerprint density at radius 1 is 0.854 bits per heavy atom. The van der Waals surface area contributed by atoms with Gasteiger partial charge in [0.25, 0.3) is 0 Å². The van der Waals surface area contributed by atoms with Crippen LogP contribution in [0.25, 0.3) is 44.8 Å². The molecule has 0 saturated carbocycles. The average molecular weight is 723 g/mol. The van der Waals surface area contributed by atoms with Crippen LogP contribution in [-0.4, -0.2) is 15.9 Å². The number of pyridine rings is 1. The van der Waals surface area contributed by atoms with Crippen LogP contribution in [0.1, 0.15) is 64.5 Å². The van der Waals surface area contributed by atoms with Gasteiger partial charge < -0.3 is 9.52 Å². The van der Waals surface area contributed by atoms with Gasteiger partial charge in [0.1, 0.15) is 5.76 Å². The Morgan fingerprint density at radius 2 is 1.51 bits per heavy atom. The van der Waals surface area contributed by atoms with Crippen LogP contribution in [0, 0.1) is 6.07 Å². The van der Waals surface area contributed by atoms with Gasteiger partial charge in [-0.3, -0.25) is 9.78 Å². The summed E-state index contributed by atoms with van der Waals surface area (Å²) in [6, 6.07) is 32.7. The third-order valence-corrected chi connectivity index (χ3v) is 6.59. The van der Waals surface area contributed by atoms with Crippen molar-refractivity contribution >= 4 is 16.9 Å². The third kappa shape index (κ3) is 7.91. The van der Waals surface area contributed by atoms with Crippen molar-refractivity contribution in [2.24, 2.45) is 0 Å². The molecule has 0 spiro atoms. The second-order valence-electron chi connectivity index (χ2n) is 10.6. The fourth-order valence-corrected chi connectivity index (χ4v) is 4.75. The molecule has 0 aliphatic carbocycles. The summed E-state index contributed by atoms with van der Waals surface area (Å²) < 4.78 is 6.35. The summed E-state index contributed by atoms with van der Waals surface area (Å²) in [5.41, 5.74) is 9.72. The molecule has 0 fully saturated rings. The molecule has 5 aromatic rings.